The van der Waals surface area contributed by atoms with Gasteiger partial charge in [-0.05, 0) is 18.4 Å². The molecule has 0 unspecified atom stereocenters. The van der Waals surface area contributed by atoms with Crippen LogP contribution in [0.25, 0.3) is 0 Å². The fraction of sp³-hybridized carbons (Fsp3) is 0.688. The fourth-order valence-electron chi connectivity index (χ4n) is 3.17. The van der Waals surface area contributed by atoms with E-state index < -0.39 is 0 Å². The summed E-state index contributed by atoms with van der Waals surface area (Å²) in [5.74, 6) is 0.296. The first-order chi connectivity index (χ1) is 10.7. The van der Waals surface area contributed by atoms with Gasteiger partial charge in [-0.2, -0.15) is 0 Å². The number of nitrogens with zero attached hydrogens (tertiary/aromatic N) is 3. The van der Waals surface area contributed by atoms with Gasteiger partial charge < -0.3 is 10.2 Å². The van der Waals surface area contributed by atoms with Crippen LogP contribution in [-0.4, -0.2) is 79.0 Å². The number of carbonyl (C=O) groups excluding carboxylic acids is 1. The first-order valence-electron chi connectivity index (χ1n) is 8.19. The van der Waals surface area contributed by atoms with Crippen LogP contribution in [0.1, 0.15) is 11.8 Å². The Bertz CT molecular complexity index is 471. The summed E-state index contributed by atoms with van der Waals surface area (Å²) in [7, 11) is 0. The summed E-state index contributed by atoms with van der Waals surface area (Å²) in [6, 6.07) is 4.75. The van der Waals surface area contributed by atoms with E-state index in [0.717, 1.165) is 52.4 Å². The van der Waals surface area contributed by atoms with Crippen LogP contribution in [0, 0.1) is 0 Å². The average Bonchev–Trinajstić information content (AvgIpc) is 3.03. The molecule has 0 saturated carbocycles. The van der Waals surface area contributed by atoms with Crippen LogP contribution in [0.4, 0.5) is 0 Å². The Hall–Kier alpha value is -0.950. The Morgan fingerprint density at radius 2 is 2.14 bits per heavy atom. The second kappa shape index (κ2) is 7.55. The predicted molar refractivity (Wildman–Crippen MR) is 90.1 cm³/mol. The van der Waals surface area contributed by atoms with Crippen molar-refractivity contribution in [1.29, 1.82) is 0 Å². The molecule has 0 spiro atoms. The normalized spacial score (nSPS) is 24.6. The van der Waals surface area contributed by atoms with E-state index in [2.05, 4.69) is 39.6 Å². The lowest BCUT2D eigenvalue weighted by Gasteiger charge is -2.38. The minimum Gasteiger partial charge on any atom is -0.339 e. The lowest BCUT2D eigenvalue weighted by atomic mass is 10.2. The van der Waals surface area contributed by atoms with Crippen LogP contribution >= 0.6 is 11.3 Å². The highest BCUT2D eigenvalue weighted by Gasteiger charge is 2.25. The van der Waals surface area contributed by atoms with Crippen molar-refractivity contribution in [3.63, 3.8) is 0 Å². The number of piperazine rings is 2. The molecule has 1 aromatic heterocycles. The summed E-state index contributed by atoms with van der Waals surface area (Å²) in [6.07, 6.45) is 0. The molecule has 6 heteroatoms. The van der Waals surface area contributed by atoms with Crippen molar-refractivity contribution in [2.75, 3.05) is 52.4 Å². The van der Waals surface area contributed by atoms with Crippen molar-refractivity contribution < 1.29 is 4.79 Å². The Labute approximate surface area is 136 Å². The van der Waals surface area contributed by atoms with Crippen molar-refractivity contribution >= 4 is 17.2 Å². The number of nitrogens with one attached hydrogen (secondary N) is 1. The molecule has 2 aliphatic rings. The molecule has 1 N–H and O–H groups in total. The summed E-state index contributed by atoms with van der Waals surface area (Å²) in [5.41, 5.74) is 0. The number of amides is 1. The van der Waals surface area contributed by atoms with Crippen molar-refractivity contribution in [2.24, 2.45) is 0 Å². The summed E-state index contributed by atoms with van der Waals surface area (Å²) in [5, 5.41) is 5.50. The second-order valence-corrected chi connectivity index (χ2v) is 7.29. The third kappa shape index (κ3) is 4.07. The van der Waals surface area contributed by atoms with Gasteiger partial charge in [-0.1, -0.05) is 6.07 Å². The van der Waals surface area contributed by atoms with Gasteiger partial charge in [0.1, 0.15) is 0 Å². The zero-order valence-electron chi connectivity index (χ0n) is 13.3. The van der Waals surface area contributed by atoms with Crippen molar-refractivity contribution in [3.8, 4) is 0 Å². The second-order valence-electron chi connectivity index (χ2n) is 6.26. The predicted octanol–water partition coefficient (Wildman–Crippen LogP) is 0.686. The largest absolute Gasteiger partial charge is 0.339 e. The van der Waals surface area contributed by atoms with E-state index in [4.69, 9.17) is 0 Å². The monoisotopic (exact) mass is 322 g/mol. The Morgan fingerprint density at radius 1 is 1.32 bits per heavy atom. The maximum atomic E-state index is 12.5. The van der Waals surface area contributed by atoms with E-state index in [0.29, 0.717) is 18.5 Å². The highest BCUT2D eigenvalue weighted by atomic mass is 32.1. The third-order valence-electron chi connectivity index (χ3n) is 4.66. The van der Waals surface area contributed by atoms with Crippen LogP contribution in [-0.2, 0) is 11.3 Å². The molecule has 3 heterocycles. The Kier molecular flexibility index (Phi) is 5.46. The van der Waals surface area contributed by atoms with E-state index in [-0.39, 0.29) is 0 Å². The lowest BCUT2D eigenvalue weighted by molar-refractivity contribution is -0.135. The quantitative estimate of drug-likeness (QED) is 0.885. The third-order valence-corrected chi connectivity index (χ3v) is 5.52. The van der Waals surface area contributed by atoms with E-state index in [1.54, 1.807) is 0 Å². The number of carbonyl (C=O) groups is 1. The van der Waals surface area contributed by atoms with Gasteiger partial charge in [-0.3, -0.25) is 14.6 Å². The molecule has 5 nitrogen and oxygen atoms in total. The highest BCUT2D eigenvalue weighted by Crippen LogP contribution is 2.14. The van der Waals surface area contributed by atoms with Crippen LogP contribution in [0.15, 0.2) is 17.5 Å². The molecule has 2 aliphatic heterocycles. The SMILES string of the molecule is C[C@H]1CNCCN1CC(=O)N1CCN(Cc2cccs2)CC1. The summed E-state index contributed by atoms with van der Waals surface area (Å²) >= 11 is 1.81. The number of hydrogen-bond acceptors (Lipinski definition) is 5. The molecule has 1 aromatic rings. The molecule has 22 heavy (non-hydrogen) atoms. The molecule has 2 saturated heterocycles. The van der Waals surface area contributed by atoms with Crippen LogP contribution in [0.3, 0.4) is 0 Å². The maximum absolute atomic E-state index is 12.5. The first kappa shape index (κ1) is 15.9. The smallest absolute Gasteiger partial charge is 0.236 e. The zero-order chi connectivity index (χ0) is 15.4. The van der Waals surface area contributed by atoms with Gasteiger partial charge in [0, 0.05) is 63.3 Å². The van der Waals surface area contributed by atoms with Crippen LogP contribution in [0.5, 0.6) is 0 Å². The topological polar surface area (TPSA) is 38.8 Å². The van der Waals surface area contributed by atoms with Gasteiger partial charge in [0.15, 0.2) is 0 Å². The molecule has 1 atom stereocenters. The van der Waals surface area contributed by atoms with Gasteiger partial charge in [0.25, 0.3) is 0 Å². The van der Waals surface area contributed by atoms with E-state index in [9.17, 15) is 4.79 Å². The molecule has 3 rings (SSSR count). The number of hydrogen-bond donors (Lipinski definition) is 1. The Morgan fingerprint density at radius 3 is 2.82 bits per heavy atom. The van der Waals surface area contributed by atoms with Crippen LogP contribution in [0.2, 0.25) is 0 Å². The number of rotatable bonds is 4. The van der Waals surface area contributed by atoms with Crippen molar-refractivity contribution in [2.45, 2.75) is 19.5 Å². The van der Waals surface area contributed by atoms with Gasteiger partial charge >= 0.3 is 0 Å². The standard InChI is InChI=1S/C16H26N4OS/c1-14-11-17-4-5-20(14)13-16(21)19-8-6-18(7-9-19)12-15-3-2-10-22-15/h2-3,10,14,17H,4-9,11-13H2,1H3/t14-/m0/s1. The van der Waals surface area contributed by atoms with Gasteiger partial charge in [0.05, 0.1) is 6.54 Å². The van der Waals surface area contributed by atoms with E-state index in [1.165, 1.54) is 4.88 Å². The van der Waals surface area contributed by atoms with Crippen molar-refractivity contribution in [1.82, 2.24) is 20.0 Å². The van der Waals surface area contributed by atoms with Gasteiger partial charge in [0.2, 0.25) is 5.91 Å². The molecule has 2 fully saturated rings. The maximum Gasteiger partial charge on any atom is 0.236 e. The molecule has 122 valence electrons. The highest BCUT2D eigenvalue weighted by molar-refractivity contribution is 7.09. The number of thiophene rings is 1. The summed E-state index contributed by atoms with van der Waals surface area (Å²) < 4.78 is 0. The molecule has 0 bridgehead atoms. The Balaban J connectivity index is 1.43. The molecule has 0 aliphatic carbocycles. The molecule has 0 radical (unpaired) electrons. The van der Waals surface area contributed by atoms with Crippen molar-refractivity contribution in [3.05, 3.63) is 22.4 Å². The van der Waals surface area contributed by atoms with Crippen LogP contribution < -0.4 is 5.32 Å². The average molecular weight is 322 g/mol. The fourth-order valence-corrected chi connectivity index (χ4v) is 3.92. The molecule has 1 amide bonds. The van der Waals surface area contributed by atoms with E-state index in [1.807, 2.05) is 16.2 Å². The first-order valence-corrected chi connectivity index (χ1v) is 9.07. The summed E-state index contributed by atoms with van der Waals surface area (Å²) in [4.78, 5) is 20.7. The molecular weight excluding hydrogens is 296 g/mol. The van der Waals surface area contributed by atoms with Gasteiger partial charge in [-0.25, -0.2) is 0 Å². The molecular formula is C16H26N4OS. The van der Waals surface area contributed by atoms with Gasteiger partial charge in [-0.15, -0.1) is 11.3 Å². The minimum atomic E-state index is 0.296. The zero-order valence-corrected chi connectivity index (χ0v) is 14.1. The lowest BCUT2D eigenvalue weighted by Crippen LogP contribution is -2.55. The molecule has 0 aromatic carbocycles. The minimum absolute atomic E-state index is 0.296. The van der Waals surface area contributed by atoms with E-state index >= 15 is 0 Å². The summed E-state index contributed by atoms with van der Waals surface area (Å²) in [6.45, 7) is 10.5.